The second kappa shape index (κ2) is 11.7. The fraction of sp³-hybridized carbons (Fsp3) is 0.370. The lowest BCUT2D eigenvalue weighted by Gasteiger charge is -2.42. The first-order valence-corrected chi connectivity index (χ1v) is 12.6. The number of hydrogen-bond donors (Lipinski definition) is 1. The number of carbonyl (C=O) groups excluding carboxylic acids is 3. The van der Waals surface area contributed by atoms with Crippen molar-refractivity contribution < 1.29 is 23.5 Å². The average molecular weight is 527 g/mol. The van der Waals surface area contributed by atoms with Gasteiger partial charge in [-0.1, -0.05) is 35.9 Å². The molecule has 1 aromatic heterocycles. The van der Waals surface area contributed by atoms with E-state index >= 15 is 0 Å². The van der Waals surface area contributed by atoms with E-state index in [0.29, 0.717) is 53.8 Å². The summed E-state index contributed by atoms with van der Waals surface area (Å²) >= 11 is 6.49. The zero-order chi connectivity index (χ0) is 26.5. The second-order valence-electron chi connectivity index (χ2n) is 8.94. The van der Waals surface area contributed by atoms with Crippen molar-refractivity contribution in [3.05, 3.63) is 82.9 Å². The Morgan fingerprint density at radius 1 is 1.24 bits per heavy atom. The molecule has 2 atom stereocenters. The van der Waals surface area contributed by atoms with Crippen molar-refractivity contribution in [3.8, 4) is 0 Å². The largest absolute Gasteiger partial charge is 0.463 e. The number of hydrogen-bond acceptors (Lipinski definition) is 6. The topological polar surface area (TPSA) is 95.3 Å². The van der Waals surface area contributed by atoms with Crippen LogP contribution in [0.3, 0.4) is 0 Å². The van der Waals surface area contributed by atoms with Gasteiger partial charge in [-0.05, 0) is 37.6 Å². The van der Waals surface area contributed by atoms with Crippen LogP contribution in [0.2, 0.25) is 5.02 Å². The third-order valence-electron chi connectivity index (χ3n) is 6.54. The summed E-state index contributed by atoms with van der Waals surface area (Å²) in [6.45, 7) is 9.78. The van der Waals surface area contributed by atoms with E-state index < -0.39 is 12.0 Å². The van der Waals surface area contributed by atoms with E-state index in [-0.39, 0.29) is 31.1 Å². The maximum atomic E-state index is 13.3. The molecule has 37 heavy (non-hydrogen) atoms. The molecule has 0 saturated carbocycles. The minimum Gasteiger partial charge on any atom is -0.463 e. The molecule has 2 aliphatic heterocycles. The van der Waals surface area contributed by atoms with Crippen LogP contribution in [0.1, 0.15) is 36.0 Å². The smallest absolute Gasteiger partial charge is 0.338 e. The molecule has 0 aliphatic carbocycles. The lowest BCUT2D eigenvalue weighted by atomic mass is 9.93. The molecule has 9 nitrogen and oxygen atoms in total. The minimum atomic E-state index is -0.768. The van der Waals surface area contributed by atoms with E-state index in [0.717, 1.165) is 0 Å². The molecule has 1 N–H and O–H groups in total. The van der Waals surface area contributed by atoms with E-state index in [9.17, 15) is 14.4 Å². The quantitative estimate of drug-likeness (QED) is 0.415. The van der Waals surface area contributed by atoms with Crippen molar-refractivity contribution in [3.63, 3.8) is 0 Å². The molecule has 0 bridgehead atoms. The van der Waals surface area contributed by atoms with Crippen LogP contribution in [0.4, 0.5) is 4.79 Å². The summed E-state index contributed by atoms with van der Waals surface area (Å²) in [5.41, 5.74) is 1.47. The van der Waals surface area contributed by atoms with Crippen LogP contribution in [0.15, 0.2) is 71.0 Å². The zero-order valence-electron chi connectivity index (χ0n) is 21.0. The van der Waals surface area contributed by atoms with Crippen molar-refractivity contribution in [1.82, 2.24) is 20.0 Å². The van der Waals surface area contributed by atoms with Gasteiger partial charge in [0.15, 0.2) is 5.76 Å². The first-order chi connectivity index (χ1) is 17.8. The predicted octanol–water partition coefficient (Wildman–Crippen LogP) is 3.85. The van der Waals surface area contributed by atoms with Crippen LogP contribution >= 0.6 is 11.6 Å². The SMILES string of the molecule is C=CCN1C(=O)N[C@H](c2ccccc2Cl)C(C(=O)OCC)=C1CN1CCN(C(=O)c2ccco2)[C@@H](C)C1. The predicted molar refractivity (Wildman–Crippen MR) is 139 cm³/mol. The summed E-state index contributed by atoms with van der Waals surface area (Å²) in [5.74, 6) is -0.375. The fourth-order valence-electron chi connectivity index (χ4n) is 4.82. The Balaban J connectivity index is 1.68. The van der Waals surface area contributed by atoms with Gasteiger partial charge in [-0.25, -0.2) is 9.59 Å². The maximum Gasteiger partial charge on any atom is 0.338 e. The number of nitrogens with one attached hydrogen (secondary N) is 1. The number of urea groups is 1. The number of carbonyl (C=O) groups is 3. The highest BCUT2D eigenvalue weighted by Crippen LogP contribution is 2.35. The fourth-order valence-corrected chi connectivity index (χ4v) is 5.06. The Morgan fingerprint density at radius 2 is 2.03 bits per heavy atom. The Morgan fingerprint density at radius 3 is 2.68 bits per heavy atom. The summed E-state index contributed by atoms with van der Waals surface area (Å²) in [4.78, 5) is 44.8. The molecule has 2 aromatic rings. The van der Waals surface area contributed by atoms with E-state index in [4.69, 9.17) is 20.8 Å². The Kier molecular flexibility index (Phi) is 8.35. The average Bonchev–Trinajstić information content (AvgIpc) is 3.41. The zero-order valence-corrected chi connectivity index (χ0v) is 21.7. The van der Waals surface area contributed by atoms with Crippen molar-refractivity contribution in [2.75, 3.05) is 39.3 Å². The number of furan rings is 1. The third-order valence-corrected chi connectivity index (χ3v) is 6.88. The van der Waals surface area contributed by atoms with E-state index in [1.165, 1.54) is 11.2 Å². The van der Waals surface area contributed by atoms with Gasteiger partial charge in [0, 0.05) is 49.5 Å². The summed E-state index contributed by atoms with van der Waals surface area (Å²) in [6, 6.07) is 9.22. The lowest BCUT2D eigenvalue weighted by Crippen LogP contribution is -2.56. The normalized spacial score (nSPS) is 20.6. The molecule has 4 rings (SSSR count). The first-order valence-electron chi connectivity index (χ1n) is 12.3. The molecule has 10 heteroatoms. The Hall–Kier alpha value is -3.56. The van der Waals surface area contributed by atoms with E-state index in [2.05, 4.69) is 16.8 Å². The number of piperazine rings is 1. The summed E-state index contributed by atoms with van der Waals surface area (Å²) in [7, 11) is 0. The molecular formula is C27H31ClN4O5. The molecule has 3 heterocycles. The number of ether oxygens (including phenoxy) is 1. The van der Waals surface area contributed by atoms with E-state index in [1.54, 1.807) is 48.2 Å². The van der Waals surface area contributed by atoms with Crippen LogP contribution in [-0.4, -0.2) is 78.0 Å². The van der Waals surface area contributed by atoms with Crippen molar-refractivity contribution in [2.45, 2.75) is 25.9 Å². The maximum absolute atomic E-state index is 13.3. The number of rotatable bonds is 8. The van der Waals surface area contributed by atoms with Crippen molar-refractivity contribution in [2.24, 2.45) is 0 Å². The second-order valence-corrected chi connectivity index (χ2v) is 9.35. The lowest BCUT2D eigenvalue weighted by molar-refractivity contribution is -0.139. The van der Waals surface area contributed by atoms with Crippen molar-refractivity contribution >= 4 is 29.5 Å². The summed E-state index contributed by atoms with van der Waals surface area (Å²) in [5, 5.41) is 3.36. The highest BCUT2D eigenvalue weighted by atomic mass is 35.5. The van der Waals surface area contributed by atoms with Gasteiger partial charge in [0.05, 0.1) is 24.5 Å². The number of esters is 1. The van der Waals surface area contributed by atoms with Crippen LogP contribution in [0.25, 0.3) is 0 Å². The van der Waals surface area contributed by atoms with Gasteiger partial charge in [-0.15, -0.1) is 6.58 Å². The Bertz CT molecular complexity index is 1200. The van der Waals surface area contributed by atoms with Crippen LogP contribution < -0.4 is 5.32 Å². The highest BCUT2D eigenvalue weighted by molar-refractivity contribution is 6.31. The van der Waals surface area contributed by atoms with Crippen molar-refractivity contribution in [1.29, 1.82) is 0 Å². The van der Waals surface area contributed by atoms with Gasteiger partial charge >= 0.3 is 12.0 Å². The first kappa shape index (κ1) is 26.5. The molecule has 0 spiro atoms. The molecule has 2 aliphatic rings. The molecule has 1 saturated heterocycles. The van der Waals surface area contributed by atoms with Gasteiger partial charge in [-0.3, -0.25) is 14.6 Å². The van der Waals surface area contributed by atoms with Crippen LogP contribution in [0.5, 0.6) is 0 Å². The van der Waals surface area contributed by atoms with Gasteiger partial charge in [-0.2, -0.15) is 0 Å². The Labute approximate surface area is 221 Å². The minimum absolute atomic E-state index is 0.109. The molecule has 1 aromatic carbocycles. The van der Waals surface area contributed by atoms with Gasteiger partial charge in [0.25, 0.3) is 5.91 Å². The molecule has 0 unspecified atom stereocenters. The van der Waals surface area contributed by atoms with Crippen LogP contribution in [0, 0.1) is 0 Å². The number of benzene rings is 1. The molecule has 0 radical (unpaired) electrons. The van der Waals surface area contributed by atoms with Gasteiger partial charge in [0.1, 0.15) is 0 Å². The monoisotopic (exact) mass is 526 g/mol. The number of nitrogens with zero attached hydrogens (tertiary/aromatic N) is 3. The molecule has 3 amide bonds. The van der Waals surface area contributed by atoms with Crippen LogP contribution in [-0.2, 0) is 9.53 Å². The molecular weight excluding hydrogens is 496 g/mol. The molecule has 196 valence electrons. The molecule has 1 fully saturated rings. The van der Waals surface area contributed by atoms with Gasteiger partial charge < -0.3 is 19.4 Å². The number of halogens is 1. The summed E-state index contributed by atoms with van der Waals surface area (Å²) < 4.78 is 10.7. The summed E-state index contributed by atoms with van der Waals surface area (Å²) in [6.07, 6.45) is 3.09. The standard InChI is InChI=1S/C27H31ClN4O5/c1-4-12-32-21(17-30-13-14-31(18(3)16-30)25(33)22-11-8-15-37-22)23(26(34)36-5-2)24(29-27(32)35)19-9-6-7-10-20(19)28/h4,6-11,15,18,24H,1,5,12-14,16-17H2,2-3H3,(H,29,35)/t18-,24+/m0/s1. The highest BCUT2D eigenvalue weighted by Gasteiger charge is 2.40. The third kappa shape index (κ3) is 5.57. The van der Waals surface area contributed by atoms with E-state index in [1.807, 2.05) is 13.0 Å². The number of amides is 3. The van der Waals surface area contributed by atoms with Gasteiger partial charge in [0.2, 0.25) is 0 Å².